The fourth-order valence-electron chi connectivity index (χ4n) is 1.41. The quantitative estimate of drug-likeness (QED) is 0.627. The molecular weight excluding hydrogens is 156 g/mol. The third-order valence-electron chi connectivity index (χ3n) is 2.22. The second-order valence-corrected chi connectivity index (χ2v) is 2.82. The first-order valence-electron chi connectivity index (χ1n) is 4.17. The van der Waals surface area contributed by atoms with Gasteiger partial charge in [0.05, 0.1) is 0 Å². The van der Waals surface area contributed by atoms with Crippen molar-refractivity contribution in [1.82, 2.24) is 5.01 Å². The minimum atomic E-state index is -0.522. The molecule has 0 aromatic rings. The molecule has 4 nitrogen and oxygen atoms in total. The summed E-state index contributed by atoms with van der Waals surface area (Å²) in [6.07, 6.45) is 2.85. The Balaban J connectivity index is 2.84. The average Bonchev–Trinajstić information content (AvgIpc) is 2.48. The Bertz CT molecular complexity index is 209. The fraction of sp³-hybridized carbons (Fsp3) is 0.750. The van der Waals surface area contributed by atoms with Crippen LogP contribution in [0.2, 0.25) is 0 Å². The standard InChI is InChI=1S/C8H14N2O2/c1-4-8(5-2)10(7(3)11)9-6-12-8/h6H,4-5H2,1-3H3. The summed E-state index contributed by atoms with van der Waals surface area (Å²) in [6, 6.07) is 0. The van der Waals surface area contributed by atoms with Gasteiger partial charge in [-0.3, -0.25) is 4.79 Å². The molecule has 0 saturated heterocycles. The van der Waals surface area contributed by atoms with E-state index >= 15 is 0 Å². The van der Waals surface area contributed by atoms with Gasteiger partial charge in [0.2, 0.25) is 11.6 Å². The van der Waals surface area contributed by atoms with Crippen LogP contribution in [0.25, 0.3) is 0 Å². The molecule has 0 aromatic heterocycles. The van der Waals surface area contributed by atoms with Crippen molar-refractivity contribution in [2.75, 3.05) is 0 Å². The van der Waals surface area contributed by atoms with Crippen LogP contribution in [0.1, 0.15) is 33.6 Å². The summed E-state index contributed by atoms with van der Waals surface area (Å²) >= 11 is 0. The van der Waals surface area contributed by atoms with Gasteiger partial charge in [-0.2, -0.15) is 5.01 Å². The number of hydrogen-bond donors (Lipinski definition) is 0. The van der Waals surface area contributed by atoms with Gasteiger partial charge in [-0.25, -0.2) is 0 Å². The molecule has 0 atom stereocenters. The molecule has 0 bridgehead atoms. The molecule has 0 fully saturated rings. The largest absolute Gasteiger partial charge is 0.454 e. The van der Waals surface area contributed by atoms with E-state index < -0.39 is 5.72 Å². The third kappa shape index (κ3) is 1.17. The van der Waals surface area contributed by atoms with E-state index in [0.29, 0.717) is 0 Å². The van der Waals surface area contributed by atoms with Crippen molar-refractivity contribution in [2.24, 2.45) is 5.10 Å². The van der Waals surface area contributed by atoms with Crippen LogP contribution in [0.5, 0.6) is 0 Å². The Morgan fingerprint density at radius 3 is 2.50 bits per heavy atom. The van der Waals surface area contributed by atoms with Crippen LogP contribution in [-0.2, 0) is 9.53 Å². The third-order valence-corrected chi connectivity index (χ3v) is 2.22. The summed E-state index contributed by atoms with van der Waals surface area (Å²) in [4.78, 5) is 11.1. The van der Waals surface area contributed by atoms with Crippen molar-refractivity contribution in [3.63, 3.8) is 0 Å². The Morgan fingerprint density at radius 1 is 1.58 bits per heavy atom. The van der Waals surface area contributed by atoms with Crippen molar-refractivity contribution >= 4 is 12.3 Å². The number of carbonyl (C=O) groups excluding carboxylic acids is 1. The van der Waals surface area contributed by atoms with E-state index in [0.717, 1.165) is 12.8 Å². The first-order chi connectivity index (χ1) is 5.66. The highest BCUT2D eigenvalue weighted by Crippen LogP contribution is 2.28. The summed E-state index contributed by atoms with van der Waals surface area (Å²) in [5, 5.41) is 5.28. The minimum Gasteiger partial charge on any atom is -0.454 e. The molecule has 0 unspecified atom stereocenters. The number of rotatable bonds is 2. The first kappa shape index (κ1) is 9.03. The molecule has 12 heavy (non-hydrogen) atoms. The maximum atomic E-state index is 11.1. The average molecular weight is 170 g/mol. The van der Waals surface area contributed by atoms with E-state index in [2.05, 4.69) is 5.10 Å². The monoisotopic (exact) mass is 170 g/mol. The topological polar surface area (TPSA) is 41.9 Å². The number of amides is 1. The van der Waals surface area contributed by atoms with Gasteiger partial charge in [0, 0.05) is 19.8 Å². The summed E-state index contributed by atoms with van der Waals surface area (Å²) in [5.41, 5.74) is -0.522. The van der Waals surface area contributed by atoms with Crippen LogP contribution in [0.4, 0.5) is 0 Å². The Morgan fingerprint density at radius 2 is 2.17 bits per heavy atom. The molecule has 1 amide bonds. The lowest BCUT2D eigenvalue weighted by Gasteiger charge is -2.31. The highest BCUT2D eigenvalue weighted by atomic mass is 16.5. The van der Waals surface area contributed by atoms with E-state index in [9.17, 15) is 4.79 Å². The van der Waals surface area contributed by atoms with Crippen LogP contribution in [0, 0.1) is 0 Å². The lowest BCUT2D eigenvalue weighted by atomic mass is 10.1. The number of nitrogens with zero attached hydrogens (tertiary/aromatic N) is 2. The molecule has 0 aliphatic carbocycles. The lowest BCUT2D eigenvalue weighted by Crippen LogP contribution is -2.45. The molecule has 1 aliphatic heterocycles. The van der Waals surface area contributed by atoms with Gasteiger partial charge < -0.3 is 4.74 Å². The van der Waals surface area contributed by atoms with Crippen molar-refractivity contribution in [2.45, 2.75) is 39.3 Å². The van der Waals surface area contributed by atoms with Gasteiger partial charge in [0.1, 0.15) is 0 Å². The Kier molecular flexibility index (Phi) is 2.35. The van der Waals surface area contributed by atoms with Crippen LogP contribution in [0.3, 0.4) is 0 Å². The Hall–Kier alpha value is -1.06. The number of hydrazone groups is 1. The first-order valence-corrected chi connectivity index (χ1v) is 4.17. The minimum absolute atomic E-state index is 0.0764. The lowest BCUT2D eigenvalue weighted by molar-refractivity contribution is -0.147. The molecule has 68 valence electrons. The van der Waals surface area contributed by atoms with Gasteiger partial charge in [-0.15, -0.1) is 5.10 Å². The second kappa shape index (κ2) is 3.13. The number of carbonyl (C=O) groups is 1. The second-order valence-electron chi connectivity index (χ2n) is 2.82. The normalized spacial score (nSPS) is 19.4. The van der Waals surface area contributed by atoms with E-state index in [1.54, 1.807) is 0 Å². The predicted molar refractivity (Wildman–Crippen MR) is 45.4 cm³/mol. The smallest absolute Gasteiger partial charge is 0.243 e. The zero-order valence-corrected chi connectivity index (χ0v) is 7.70. The van der Waals surface area contributed by atoms with E-state index in [1.165, 1.54) is 18.3 Å². The molecule has 1 heterocycles. The Labute approximate surface area is 72.2 Å². The zero-order chi connectivity index (χ0) is 9.19. The number of hydrogen-bond acceptors (Lipinski definition) is 3. The van der Waals surface area contributed by atoms with Crippen molar-refractivity contribution in [1.29, 1.82) is 0 Å². The van der Waals surface area contributed by atoms with Crippen LogP contribution < -0.4 is 0 Å². The molecule has 0 N–H and O–H groups in total. The molecule has 1 rings (SSSR count). The van der Waals surface area contributed by atoms with Gasteiger partial charge in [0.25, 0.3) is 0 Å². The SMILES string of the molecule is CCC1(CC)OC=NN1C(C)=O. The molecule has 0 saturated carbocycles. The predicted octanol–water partition coefficient (Wildman–Crippen LogP) is 1.32. The number of ether oxygens (including phenoxy) is 1. The molecule has 0 spiro atoms. The summed E-state index contributed by atoms with van der Waals surface area (Å²) in [6.45, 7) is 5.45. The van der Waals surface area contributed by atoms with Crippen LogP contribution in [0.15, 0.2) is 5.10 Å². The van der Waals surface area contributed by atoms with Gasteiger partial charge >= 0.3 is 0 Å². The van der Waals surface area contributed by atoms with Crippen molar-refractivity contribution in [3.05, 3.63) is 0 Å². The molecule has 4 heteroatoms. The van der Waals surface area contributed by atoms with E-state index in [4.69, 9.17) is 4.74 Å². The van der Waals surface area contributed by atoms with E-state index in [-0.39, 0.29) is 5.91 Å². The van der Waals surface area contributed by atoms with E-state index in [1.807, 2.05) is 13.8 Å². The molecule has 0 radical (unpaired) electrons. The van der Waals surface area contributed by atoms with Crippen LogP contribution in [-0.4, -0.2) is 23.0 Å². The summed E-state index contributed by atoms with van der Waals surface area (Å²) in [7, 11) is 0. The maximum absolute atomic E-state index is 11.1. The van der Waals surface area contributed by atoms with Gasteiger partial charge in [-0.1, -0.05) is 13.8 Å². The fourth-order valence-corrected chi connectivity index (χ4v) is 1.41. The van der Waals surface area contributed by atoms with Crippen molar-refractivity contribution < 1.29 is 9.53 Å². The summed E-state index contributed by atoms with van der Waals surface area (Å²) in [5.74, 6) is -0.0764. The van der Waals surface area contributed by atoms with Crippen molar-refractivity contribution in [3.8, 4) is 0 Å². The van der Waals surface area contributed by atoms with Crippen LogP contribution >= 0.6 is 0 Å². The maximum Gasteiger partial charge on any atom is 0.243 e. The highest BCUT2D eigenvalue weighted by Gasteiger charge is 2.40. The molecule has 0 aromatic carbocycles. The summed E-state index contributed by atoms with van der Waals surface area (Å²) < 4.78 is 5.33. The van der Waals surface area contributed by atoms with Gasteiger partial charge in [0.15, 0.2) is 6.40 Å². The molecule has 1 aliphatic rings. The highest BCUT2D eigenvalue weighted by molar-refractivity contribution is 5.75. The molecular formula is C8H14N2O2. The van der Waals surface area contributed by atoms with Gasteiger partial charge in [-0.05, 0) is 0 Å². The zero-order valence-electron chi connectivity index (χ0n) is 7.70.